The fourth-order valence-corrected chi connectivity index (χ4v) is 2.88. The third-order valence-electron chi connectivity index (χ3n) is 4.04. The standard InChI is InChI=1S/C15H17NO4/c1-19-15(18)13-9-20-7-6-16(13)14(17)12-8-10-4-2-3-5-11(10)12/h2-5,12-13H,6-9H2,1H3. The molecule has 0 saturated carbocycles. The number of ether oxygens (including phenoxy) is 2. The molecule has 0 N–H and O–H groups in total. The van der Waals surface area contributed by atoms with Crippen molar-refractivity contribution in [3.63, 3.8) is 0 Å². The molecule has 1 aliphatic heterocycles. The number of hydrogen-bond donors (Lipinski definition) is 0. The Morgan fingerprint density at radius 3 is 2.90 bits per heavy atom. The van der Waals surface area contributed by atoms with Crippen molar-refractivity contribution < 1.29 is 19.1 Å². The molecule has 3 rings (SSSR count). The Kier molecular flexibility index (Phi) is 3.44. The lowest BCUT2D eigenvalue weighted by Crippen LogP contribution is -2.55. The van der Waals surface area contributed by atoms with Gasteiger partial charge in [-0.25, -0.2) is 4.79 Å². The van der Waals surface area contributed by atoms with Gasteiger partial charge in [0.05, 0.1) is 26.2 Å². The lowest BCUT2D eigenvalue weighted by atomic mass is 9.76. The Balaban J connectivity index is 1.78. The molecule has 0 aromatic heterocycles. The van der Waals surface area contributed by atoms with Crippen LogP contribution >= 0.6 is 0 Å². The summed E-state index contributed by atoms with van der Waals surface area (Å²) in [6, 6.07) is 7.32. The maximum absolute atomic E-state index is 12.6. The second kappa shape index (κ2) is 5.25. The number of esters is 1. The van der Waals surface area contributed by atoms with Crippen LogP contribution in [0.2, 0.25) is 0 Å². The van der Waals surface area contributed by atoms with Crippen molar-refractivity contribution in [3.8, 4) is 0 Å². The third kappa shape index (κ3) is 2.08. The summed E-state index contributed by atoms with van der Waals surface area (Å²) in [4.78, 5) is 26.0. The quantitative estimate of drug-likeness (QED) is 0.747. The Hall–Kier alpha value is -1.88. The predicted octanol–water partition coefficient (Wildman–Crippen LogP) is 0.727. The van der Waals surface area contributed by atoms with Gasteiger partial charge in [0.25, 0.3) is 0 Å². The number of rotatable bonds is 2. The van der Waals surface area contributed by atoms with Gasteiger partial charge in [0, 0.05) is 6.54 Å². The zero-order valence-corrected chi connectivity index (χ0v) is 11.4. The molecule has 1 aliphatic carbocycles. The summed E-state index contributed by atoms with van der Waals surface area (Å²) >= 11 is 0. The summed E-state index contributed by atoms with van der Waals surface area (Å²) in [5.41, 5.74) is 2.29. The number of methoxy groups -OCH3 is 1. The van der Waals surface area contributed by atoms with Crippen LogP contribution in [0, 0.1) is 0 Å². The average Bonchev–Trinajstić information content (AvgIpc) is 2.47. The van der Waals surface area contributed by atoms with E-state index < -0.39 is 12.0 Å². The van der Waals surface area contributed by atoms with E-state index in [-0.39, 0.29) is 18.4 Å². The molecule has 0 radical (unpaired) electrons. The molecule has 0 bridgehead atoms. The van der Waals surface area contributed by atoms with Crippen molar-refractivity contribution in [2.24, 2.45) is 0 Å². The van der Waals surface area contributed by atoms with Crippen molar-refractivity contribution in [3.05, 3.63) is 35.4 Å². The third-order valence-corrected chi connectivity index (χ3v) is 4.04. The number of morpholine rings is 1. The first-order valence-corrected chi connectivity index (χ1v) is 6.76. The highest BCUT2D eigenvalue weighted by Gasteiger charge is 2.40. The molecule has 5 heteroatoms. The monoisotopic (exact) mass is 275 g/mol. The molecule has 1 fully saturated rings. The maximum Gasteiger partial charge on any atom is 0.331 e. The number of fused-ring (bicyclic) bond motifs is 1. The first-order valence-electron chi connectivity index (χ1n) is 6.76. The van der Waals surface area contributed by atoms with Gasteiger partial charge in [-0.1, -0.05) is 24.3 Å². The molecule has 1 heterocycles. The van der Waals surface area contributed by atoms with E-state index in [4.69, 9.17) is 9.47 Å². The van der Waals surface area contributed by atoms with Crippen molar-refractivity contribution in [2.45, 2.75) is 18.4 Å². The van der Waals surface area contributed by atoms with Crippen LogP contribution in [-0.4, -0.2) is 49.7 Å². The molecule has 1 amide bonds. The van der Waals surface area contributed by atoms with Crippen molar-refractivity contribution in [2.75, 3.05) is 26.9 Å². The van der Waals surface area contributed by atoms with Crippen LogP contribution in [0.15, 0.2) is 24.3 Å². The van der Waals surface area contributed by atoms with Crippen LogP contribution in [-0.2, 0) is 25.5 Å². The minimum absolute atomic E-state index is 0.00222. The molecule has 2 aliphatic rings. The van der Waals surface area contributed by atoms with Gasteiger partial charge in [0.2, 0.25) is 5.91 Å². The molecule has 106 valence electrons. The van der Waals surface area contributed by atoms with Crippen molar-refractivity contribution >= 4 is 11.9 Å². The summed E-state index contributed by atoms with van der Waals surface area (Å²) in [6.45, 7) is 1.12. The number of hydrogen-bond acceptors (Lipinski definition) is 4. The zero-order valence-electron chi connectivity index (χ0n) is 11.4. The molecule has 1 aromatic rings. The number of amides is 1. The smallest absolute Gasteiger partial charge is 0.331 e. The van der Waals surface area contributed by atoms with Crippen molar-refractivity contribution in [1.29, 1.82) is 0 Å². The number of carbonyl (C=O) groups is 2. The average molecular weight is 275 g/mol. The van der Waals surface area contributed by atoms with Gasteiger partial charge in [0.1, 0.15) is 0 Å². The molecule has 0 spiro atoms. The molecule has 2 unspecified atom stereocenters. The van der Waals surface area contributed by atoms with Crippen LogP contribution in [0.5, 0.6) is 0 Å². The second-order valence-corrected chi connectivity index (χ2v) is 5.10. The van der Waals surface area contributed by atoms with E-state index in [1.807, 2.05) is 24.3 Å². The fraction of sp³-hybridized carbons (Fsp3) is 0.467. The van der Waals surface area contributed by atoms with Crippen LogP contribution in [0.4, 0.5) is 0 Å². The zero-order chi connectivity index (χ0) is 14.1. The van der Waals surface area contributed by atoms with E-state index in [2.05, 4.69) is 0 Å². The Morgan fingerprint density at radius 1 is 1.35 bits per heavy atom. The summed E-state index contributed by atoms with van der Waals surface area (Å²) in [7, 11) is 1.33. The highest BCUT2D eigenvalue weighted by Crippen LogP contribution is 2.36. The summed E-state index contributed by atoms with van der Waals surface area (Å²) in [5, 5.41) is 0. The van der Waals surface area contributed by atoms with Crippen molar-refractivity contribution in [1.82, 2.24) is 4.90 Å². The summed E-state index contributed by atoms with van der Waals surface area (Å²) in [5.74, 6) is -0.537. The first-order chi connectivity index (χ1) is 9.72. The van der Waals surface area contributed by atoms with Crippen LogP contribution in [0.1, 0.15) is 17.0 Å². The maximum atomic E-state index is 12.6. The Bertz CT molecular complexity index is 542. The molecule has 2 atom stereocenters. The summed E-state index contributed by atoms with van der Waals surface area (Å²) in [6.07, 6.45) is 0.750. The number of benzene rings is 1. The van der Waals surface area contributed by atoms with E-state index >= 15 is 0 Å². The molecular formula is C15H17NO4. The van der Waals surface area contributed by atoms with Crippen LogP contribution in [0.3, 0.4) is 0 Å². The van der Waals surface area contributed by atoms with Gasteiger partial charge < -0.3 is 14.4 Å². The SMILES string of the molecule is COC(=O)C1COCCN1C(=O)C1Cc2ccccc21. The van der Waals surface area contributed by atoms with Gasteiger partial charge in [-0.05, 0) is 17.5 Å². The second-order valence-electron chi connectivity index (χ2n) is 5.10. The lowest BCUT2D eigenvalue weighted by Gasteiger charge is -2.39. The highest BCUT2D eigenvalue weighted by atomic mass is 16.5. The molecule has 1 saturated heterocycles. The van der Waals surface area contributed by atoms with Crippen LogP contribution < -0.4 is 0 Å². The Labute approximate surface area is 117 Å². The fourth-order valence-electron chi connectivity index (χ4n) is 2.88. The minimum atomic E-state index is -0.617. The molecule has 5 nitrogen and oxygen atoms in total. The van der Waals surface area contributed by atoms with Gasteiger partial charge in [0.15, 0.2) is 6.04 Å². The van der Waals surface area contributed by atoms with Gasteiger partial charge >= 0.3 is 5.97 Å². The first kappa shape index (κ1) is 13.1. The van der Waals surface area contributed by atoms with E-state index in [0.717, 1.165) is 12.0 Å². The van der Waals surface area contributed by atoms with E-state index in [0.29, 0.717) is 13.2 Å². The van der Waals surface area contributed by atoms with E-state index in [9.17, 15) is 9.59 Å². The minimum Gasteiger partial charge on any atom is -0.467 e. The number of carbonyl (C=O) groups excluding carboxylic acids is 2. The summed E-state index contributed by atoms with van der Waals surface area (Å²) < 4.78 is 10.0. The van der Waals surface area contributed by atoms with Gasteiger partial charge in [-0.15, -0.1) is 0 Å². The molecular weight excluding hydrogens is 258 g/mol. The van der Waals surface area contributed by atoms with Gasteiger partial charge in [-0.2, -0.15) is 0 Å². The lowest BCUT2D eigenvalue weighted by molar-refractivity contribution is -0.161. The number of nitrogens with zero attached hydrogens (tertiary/aromatic N) is 1. The highest BCUT2D eigenvalue weighted by molar-refractivity contribution is 5.91. The van der Waals surface area contributed by atoms with Crippen LogP contribution in [0.25, 0.3) is 0 Å². The Morgan fingerprint density at radius 2 is 2.15 bits per heavy atom. The van der Waals surface area contributed by atoms with Gasteiger partial charge in [-0.3, -0.25) is 4.79 Å². The topological polar surface area (TPSA) is 55.8 Å². The van der Waals surface area contributed by atoms with E-state index in [1.165, 1.54) is 12.7 Å². The van der Waals surface area contributed by atoms with E-state index in [1.54, 1.807) is 4.90 Å². The largest absolute Gasteiger partial charge is 0.467 e. The molecule has 20 heavy (non-hydrogen) atoms. The molecule has 1 aromatic carbocycles. The normalized spacial score (nSPS) is 24.6. The predicted molar refractivity (Wildman–Crippen MR) is 71.2 cm³/mol.